The number of hydrogen-bond donors (Lipinski definition) is 3. The number of nitrogens with two attached hydrogens (primary N) is 1. The summed E-state index contributed by atoms with van der Waals surface area (Å²) in [4.78, 5) is 18.6. The lowest BCUT2D eigenvalue weighted by Gasteiger charge is -2.36. The van der Waals surface area contributed by atoms with E-state index in [4.69, 9.17) is 10.5 Å². The highest BCUT2D eigenvalue weighted by Gasteiger charge is 2.33. The Labute approximate surface area is 170 Å². The molecule has 1 saturated heterocycles. The summed E-state index contributed by atoms with van der Waals surface area (Å²) in [6.45, 7) is 19.9. The molecule has 6 heteroatoms. The molecule has 5 nitrogen and oxygen atoms in total. The molecule has 4 N–H and O–H groups in total. The van der Waals surface area contributed by atoms with Gasteiger partial charge in [0.1, 0.15) is 15.1 Å². The maximum absolute atomic E-state index is 10.6. The molecule has 1 aliphatic heterocycles. The Balaban J connectivity index is 0. The zero-order chi connectivity index (χ0) is 21.6. The zero-order valence-electron chi connectivity index (χ0n) is 19.1. The monoisotopic (exact) mass is 403 g/mol. The van der Waals surface area contributed by atoms with Gasteiger partial charge in [0.15, 0.2) is 0 Å². The van der Waals surface area contributed by atoms with Gasteiger partial charge in [-0.15, -0.1) is 0 Å². The summed E-state index contributed by atoms with van der Waals surface area (Å²) in [7, 11) is -1.05. The van der Waals surface area contributed by atoms with Gasteiger partial charge in [-0.25, -0.2) is 0 Å². The van der Waals surface area contributed by atoms with Crippen LogP contribution in [0.5, 0.6) is 0 Å². The molecule has 1 heterocycles. The van der Waals surface area contributed by atoms with Gasteiger partial charge in [0.25, 0.3) is 0 Å². The molecule has 0 spiro atoms. The van der Waals surface area contributed by atoms with Crippen LogP contribution in [0.4, 0.5) is 0 Å². The average Bonchev–Trinajstić information content (AvgIpc) is 3.43. The molecule has 2 aliphatic rings. The van der Waals surface area contributed by atoms with Crippen molar-refractivity contribution in [3.63, 3.8) is 0 Å². The predicted molar refractivity (Wildman–Crippen MR) is 121 cm³/mol. The summed E-state index contributed by atoms with van der Waals surface area (Å²) in [5, 5.41) is 3.49. The second kappa shape index (κ2) is 15.3. The van der Waals surface area contributed by atoms with Gasteiger partial charge in [0.05, 0.1) is 0 Å². The van der Waals surface area contributed by atoms with Crippen LogP contribution in [0.1, 0.15) is 81.1 Å². The maximum atomic E-state index is 10.6. The minimum Gasteiger partial charge on any atom is -0.401 e. The minimum absolute atomic E-state index is 0.104. The van der Waals surface area contributed by atoms with E-state index in [0.717, 1.165) is 18.4 Å². The van der Waals surface area contributed by atoms with E-state index < -0.39 is 8.30 Å². The molecule has 1 saturated carbocycles. The molecule has 0 aromatic heterocycles. The van der Waals surface area contributed by atoms with Crippen molar-refractivity contribution in [3.05, 3.63) is 11.9 Å². The Morgan fingerprint density at radius 3 is 2.15 bits per heavy atom. The lowest BCUT2D eigenvalue weighted by Crippen LogP contribution is -2.42. The first kappa shape index (κ1) is 28.6. The van der Waals surface area contributed by atoms with Crippen LogP contribution in [-0.2, 0) is 4.79 Å². The predicted octanol–water partition coefficient (Wildman–Crippen LogP) is 4.86. The van der Waals surface area contributed by atoms with E-state index >= 15 is 0 Å². The van der Waals surface area contributed by atoms with E-state index in [0.29, 0.717) is 12.0 Å². The van der Waals surface area contributed by atoms with Gasteiger partial charge in [-0.05, 0) is 43.9 Å². The number of nitrogens with zero attached hydrogens (tertiary/aromatic N) is 1. The van der Waals surface area contributed by atoms with Crippen LogP contribution in [0.2, 0.25) is 0 Å². The van der Waals surface area contributed by atoms with Gasteiger partial charge in [0, 0.05) is 36.7 Å². The molecule has 0 aromatic carbocycles. The zero-order valence-corrected chi connectivity index (χ0v) is 20.0. The summed E-state index contributed by atoms with van der Waals surface area (Å²) in [6.07, 6.45) is 7.66. The first-order chi connectivity index (χ1) is 12.8. The fourth-order valence-electron chi connectivity index (χ4n) is 2.84. The molecular formula is C21H46N3O2P. The Kier molecular flexibility index (Phi) is 16.2. The second-order valence-electron chi connectivity index (χ2n) is 7.71. The van der Waals surface area contributed by atoms with Crippen molar-refractivity contribution in [1.82, 2.24) is 9.99 Å². The number of allylic oxidation sites excluding steroid dienone is 1. The minimum atomic E-state index is -1.05. The largest absolute Gasteiger partial charge is 0.401 e. The molecule has 2 fully saturated rings. The lowest BCUT2D eigenvalue weighted by atomic mass is 9.88. The number of rotatable bonds is 6. The molecule has 27 heavy (non-hydrogen) atoms. The van der Waals surface area contributed by atoms with E-state index in [1.807, 2.05) is 40.7 Å². The van der Waals surface area contributed by atoms with Crippen LogP contribution in [0, 0.1) is 11.3 Å². The van der Waals surface area contributed by atoms with Gasteiger partial charge in [-0.3, -0.25) is 4.67 Å². The van der Waals surface area contributed by atoms with Gasteiger partial charge in [-0.1, -0.05) is 48.5 Å². The topological polar surface area (TPSA) is 78.6 Å². The van der Waals surface area contributed by atoms with Crippen molar-refractivity contribution in [2.24, 2.45) is 17.1 Å². The van der Waals surface area contributed by atoms with Crippen LogP contribution in [0.25, 0.3) is 0 Å². The molecular weight excluding hydrogens is 357 g/mol. The highest BCUT2D eigenvalue weighted by atomic mass is 31.2. The van der Waals surface area contributed by atoms with Crippen molar-refractivity contribution < 1.29 is 9.69 Å². The van der Waals surface area contributed by atoms with Gasteiger partial charge >= 0.3 is 0 Å². The third-order valence-electron chi connectivity index (χ3n) is 4.71. The van der Waals surface area contributed by atoms with E-state index in [9.17, 15) is 4.89 Å². The molecule has 0 bridgehead atoms. The van der Waals surface area contributed by atoms with Gasteiger partial charge < -0.3 is 20.7 Å². The molecule has 2 rings (SSSR count). The molecule has 3 atom stereocenters. The third-order valence-corrected chi connectivity index (χ3v) is 6.58. The van der Waals surface area contributed by atoms with Crippen LogP contribution < -0.4 is 11.1 Å². The van der Waals surface area contributed by atoms with Crippen LogP contribution >= 0.6 is 8.30 Å². The fourth-order valence-corrected chi connectivity index (χ4v) is 4.97. The molecule has 1 aliphatic carbocycles. The highest BCUT2D eigenvalue weighted by Crippen LogP contribution is 2.44. The summed E-state index contributed by atoms with van der Waals surface area (Å²) >= 11 is 0. The first-order valence-corrected chi connectivity index (χ1v) is 12.0. The van der Waals surface area contributed by atoms with Gasteiger partial charge in [-0.2, -0.15) is 0 Å². The maximum Gasteiger partial charge on any atom is 0.106 e. The van der Waals surface area contributed by atoms with Crippen molar-refractivity contribution in [1.29, 1.82) is 0 Å². The Hall–Kier alpha value is -0.640. The summed E-state index contributed by atoms with van der Waals surface area (Å²) < 4.78 is 2.30. The normalized spacial score (nSPS) is 22.1. The van der Waals surface area contributed by atoms with E-state index in [1.165, 1.54) is 25.7 Å². The van der Waals surface area contributed by atoms with Crippen LogP contribution in [0.3, 0.4) is 0 Å². The van der Waals surface area contributed by atoms with Crippen molar-refractivity contribution in [2.75, 3.05) is 12.7 Å². The van der Waals surface area contributed by atoms with E-state index in [1.54, 1.807) is 0 Å². The number of nitrogens with one attached hydrogen (secondary N) is 1. The van der Waals surface area contributed by atoms with E-state index in [-0.39, 0.29) is 11.5 Å². The van der Waals surface area contributed by atoms with E-state index in [2.05, 4.69) is 37.7 Å². The van der Waals surface area contributed by atoms with Crippen LogP contribution in [-0.4, -0.2) is 41.1 Å². The lowest BCUT2D eigenvalue weighted by molar-refractivity contribution is -0.0979. The summed E-state index contributed by atoms with van der Waals surface area (Å²) in [6, 6.07) is 0.771. The molecule has 3 unspecified atom stereocenters. The fraction of sp³-hybridized carbons (Fsp3) is 0.857. The summed E-state index contributed by atoms with van der Waals surface area (Å²) in [5.41, 5.74) is 7.15. The number of carbonyl (C=O) groups excluding carboxylic acids is 1. The Morgan fingerprint density at radius 1 is 1.26 bits per heavy atom. The Bertz CT molecular complexity index is 395. The molecule has 162 valence electrons. The Morgan fingerprint density at radius 2 is 1.78 bits per heavy atom. The van der Waals surface area contributed by atoms with Crippen molar-refractivity contribution in [2.45, 2.75) is 93.2 Å². The van der Waals surface area contributed by atoms with Crippen molar-refractivity contribution >= 4 is 15.1 Å². The quantitative estimate of drug-likeness (QED) is 0.552. The molecule has 0 amide bonds. The smallest absolute Gasteiger partial charge is 0.106 e. The SMILES string of the molecule is C=O.CC.CC.CC1CCCN1P(O)CC(N/C=C(\N)C1CC1)C(C)(C)C. The van der Waals surface area contributed by atoms with Gasteiger partial charge in [0.2, 0.25) is 0 Å². The summed E-state index contributed by atoms with van der Waals surface area (Å²) in [5.74, 6) is 0.590. The molecule has 0 radical (unpaired) electrons. The highest BCUT2D eigenvalue weighted by molar-refractivity contribution is 7.49. The standard InChI is InChI=1S/C16H32N3OP.2C2H6.CH2O/c1-12-6-5-9-19(12)21(20)11-15(16(2,3)4)18-10-14(17)13-7-8-13;3*1-2/h10,12-13,15,18,20H,5-9,11,17H2,1-4H3;2*1-2H3;1H2/b14-10-;;;. The average molecular weight is 404 g/mol. The number of hydrogen-bond acceptors (Lipinski definition) is 5. The molecule has 0 aromatic rings. The van der Waals surface area contributed by atoms with Crippen molar-refractivity contribution in [3.8, 4) is 0 Å². The second-order valence-corrected chi connectivity index (χ2v) is 9.34. The number of carbonyl (C=O) groups is 1. The third kappa shape index (κ3) is 11.1. The van der Waals surface area contributed by atoms with Crippen LogP contribution in [0.15, 0.2) is 11.9 Å². The first-order valence-electron chi connectivity index (χ1n) is 10.5.